The van der Waals surface area contributed by atoms with Crippen LogP contribution in [0.1, 0.15) is 16.7 Å². The number of benzene rings is 2. The van der Waals surface area contributed by atoms with E-state index in [1.54, 1.807) is 0 Å². The van der Waals surface area contributed by atoms with Gasteiger partial charge in [0.25, 0.3) is 0 Å². The van der Waals surface area contributed by atoms with E-state index in [-0.39, 0.29) is 0 Å². The second-order valence-corrected chi connectivity index (χ2v) is 4.45. The van der Waals surface area contributed by atoms with Gasteiger partial charge in [0.05, 0.1) is 0 Å². The summed E-state index contributed by atoms with van der Waals surface area (Å²) in [4.78, 5) is 10.1. The Labute approximate surface area is 106 Å². The lowest BCUT2D eigenvalue weighted by atomic mass is 10.1. The summed E-state index contributed by atoms with van der Waals surface area (Å²) >= 11 is 0. The standard InChI is InChI=1S/C15H14N2O/c1-10-6-8-12(9-7-10)15-16-14-11(2)4-3-5-13(14)18-17-15/h3-9H,1-2H3,(H,16,17). The fraction of sp³-hybridized carbons (Fsp3) is 0.133. The lowest BCUT2D eigenvalue weighted by Gasteiger charge is -2.19. The van der Waals surface area contributed by atoms with Crippen molar-refractivity contribution >= 4 is 11.5 Å². The molecule has 0 atom stereocenters. The summed E-state index contributed by atoms with van der Waals surface area (Å²) in [5, 5.41) is 0. The third-order valence-corrected chi connectivity index (χ3v) is 3.01. The molecule has 1 heterocycles. The number of hydrogen-bond donors (Lipinski definition) is 1. The topological polar surface area (TPSA) is 33.6 Å². The van der Waals surface area contributed by atoms with Crippen molar-refractivity contribution in [3.8, 4) is 5.75 Å². The van der Waals surface area contributed by atoms with E-state index >= 15 is 0 Å². The summed E-state index contributed by atoms with van der Waals surface area (Å²) in [6, 6.07) is 14.1. The molecule has 0 spiro atoms. The molecular weight excluding hydrogens is 224 g/mol. The maximum absolute atomic E-state index is 5.52. The number of aliphatic imine (C=N–C) groups is 1. The molecule has 0 aromatic heterocycles. The van der Waals surface area contributed by atoms with Crippen molar-refractivity contribution in [1.82, 2.24) is 5.48 Å². The van der Waals surface area contributed by atoms with Gasteiger partial charge in [-0.3, -0.25) is 0 Å². The van der Waals surface area contributed by atoms with Crippen molar-refractivity contribution in [3.05, 3.63) is 59.2 Å². The summed E-state index contributed by atoms with van der Waals surface area (Å²) in [6.07, 6.45) is 0. The summed E-state index contributed by atoms with van der Waals surface area (Å²) in [6.45, 7) is 4.10. The molecular formula is C15H14N2O. The van der Waals surface area contributed by atoms with Gasteiger partial charge in [0.1, 0.15) is 5.69 Å². The normalized spacial score (nSPS) is 13.1. The average Bonchev–Trinajstić information content (AvgIpc) is 2.40. The molecule has 1 aliphatic rings. The minimum Gasteiger partial charge on any atom is -0.378 e. The molecule has 18 heavy (non-hydrogen) atoms. The van der Waals surface area contributed by atoms with E-state index in [2.05, 4.69) is 29.5 Å². The van der Waals surface area contributed by atoms with E-state index < -0.39 is 0 Å². The molecule has 0 radical (unpaired) electrons. The SMILES string of the molecule is Cc1ccc(C2=Nc3c(C)cccc3ON2)cc1. The second kappa shape index (κ2) is 4.18. The third kappa shape index (κ3) is 1.84. The highest BCUT2D eigenvalue weighted by Gasteiger charge is 2.15. The number of hydroxylamine groups is 1. The maximum Gasteiger partial charge on any atom is 0.181 e. The highest BCUT2D eigenvalue weighted by atomic mass is 16.6. The predicted molar refractivity (Wildman–Crippen MR) is 72.3 cm³/mol. The summed E-state index contributed by atoms with van der Waals surface area (Å²) in [7, 11) is 0. The van der Waals surface area contributed by atoms with Gasteiger partial charge in [-0.2, -0.15) is 0 Å². The fourth-order valence-corrected chi connectivity index (χ4v) is 1.93. The molecule has 90 valence electrons. The number of amidine groups is 1. The van der Waals surface area contributed by atoms with Crippen LogP contribution >= 0.6 is 0 Å². The molecule has 0 saturated heterocycles. The molecule has 1 aliphatic heterocycles. The molecule has 0 aliphatic carbocycles. The van der Waals surface area contributed by atoms with Gasteiger partial charge in [-0.25, -0.2) is 10.5 Å². The molecule has 1 N–H and O–H groups in total. The zero-order valence-corrected chi connectivity index (χ0v) is 10.4. The molecule has 0 amide bonds. The van der Waals surface area contributed by atoms with E-state index in [1.807, 2.05) is 37.3 Å². The van der Waals surface area contributed by atoms with E-state index in [9.17, 15) is 0 Å². The summed E-state index contributed by atoms with van der Waals surface area (Å²) < 4.78 is 0. The van der Waals surface area contributed by atoms with Gasteiger partial charge in [-0.15, -0.1) is 0 Å². The molecule has 2 aromatic rings. The minimum atomic E-state index is 0.747. The first-order valence-corrected chi connectivity index (χ1v) is 5.92. The first kappa shape index (κ1) is 10.8. The Morgan fingerprint density at radius 2 is 1.78 bits per heavy atom. The van der Waals surface area contributed by atoms with Gasteiger partial charge >= 0.3 is 0 Å². The smallest absolute Gasteiger partial charge is 0.181 e. The monoisotopic (exact) mass is 238 g/mol. The molecule has 0 saturated carbocycles. The lowest BCUT2D eigenvalue weighted by Crippen LogP contribution is -2.30. The quantitative estimate of drug-likeness (QED) is 0.827. The second-order valence-electron chi connectivity index (χ2n) is 4.45. The number of nitrogens with zero attached hydrogens (tertiary/aromatic N) is 1. The van der Waals surface area contributed by atoms with Crippen LogP contribution in [-0.2, 0) is 0 Å². The van der Waals surface area contributed by atoms with Crippen molar-refractivity contribution in [2.45, 2.75) is 13.8 Å². The first-order chi connectivity index (χ1) is 8.74. The van der Waals surface area contributed by atoms with Crippen molar-refractivity contribution in [1.29, 1.82) is 0 Å². The zero-order chi connectivity index (χ0) is 12.5. The molecule has 0 fully saturated rings. The Morgan fingerprint density at radius 3 is 2.56 bits per heavy atom. The van der Waals surface area contributed by atoms with Crippen LogP contribution in [-0.4, -0.2) is 5.84 Å². The number of aryl methyl sites for hydroxylation is 2. The van der Waals surface area contributed by atoms with Crippen LogP contribution < -0.4 is 10.3 Å². The molecule has 0 bridgehead atoms. The van der Waals surface area contributed by atoms with E-state index in [1.165, 1.54) is 5.56 Å². The number of fused-ring (bicyclic) bond motifs is 1. The van der Waals surface area contributed by atoms with Gasteiger partial charge in [0, 0.05) is 5.56 Å². The Hall–Kier alpha value is -2.29. The van der Waals surface area contributed by atoms with Gasteiger partial charge in [-0.05, 0) is 25.5 Å². The largest absolute Gasteiger partial charge is 0.378 e. The molecule has 0 unspecified atom stereocenters. The van der Waals surface area contributed by atoms with Crippen LogP contribution in [0, 0.1) is 13.8 Å². The van der Waals surface area contributed by atoms with Crippen LogP contribution in [0.3, 0.4) is 0 Å². The molecule has 2 aromatic carbocycles. The zero-order valence-electron chi connectivity index (χ0n) is 10.4. The van der Waals surface area contributed by atoms with Gasteiger partial charge in [0.15, 0.2) is 11.6 Å². The molecule has 3 rings (SSSR count). The van der Waals surface area contributed by atoms with Crippen LogP contribution in [0.25, 0.3) is 0 Å². The lowest BCUT2D eigenvalue weighted by molar-refractivity contribution is 0.258. The number of rotatable bonds is 1. The highest BCUT2D eigenvalue weighted by Crippen LogP contribution is 2.33. The average molecular weight is 238 g/mol. The van der Waals surface area contributed by atoms with Crippen molar-refractivity contribution in [2.75, 3.05) is 0 Å². The Kier molecular flexibility index (Phi) is 2.52. The number of hydrogen-bond acceptors (Lipinski definition) is 3. The number of para-hydroxylation sites is 1. The van der Waals surface area contributed by atoms with Crippen LogP contribution in [0.4, 0.5) is 5.69 Å². The molecule has 3 nitrogen and oxygen atoms in total. The first-order valence-electron chi connectivity index (χ1n) is 5.92. The van der Waals surface area contributed by atoms with E-state index in [0.717, 1.165) is 28.4 Å². The van der Waals surface area contributed by atoms with Gasteiger partial charge < -0.3 is 4.84 Å². The summed E-state index contributed by atoms with van der Waals surface area (Å²) in [5.74, 6) is 1.52. The Balaban J connectivity index is 2.05. The summed E-state index contributed by atoms with van der Waals surface area (Å²) in [5.41, 5.74) is 7.15. The number of nitrogens with one attached hydrogen (secondary N) is 1. The fourth-order valence-electron chi connectivity index (χ4n) is 1.93. The van der Waals surface area contributed by atoms with E-state index in [0.29, 0.717) is 0 Å². The van der Waals surface area contributed by atoms with Crippen molar-refractivity contribution in [3.63, 3.8) is 0 Å². The molecule has 3 heteroatoms. The van der Waals surface area contributed by atoms with E-state index in [4.69, 9.17) is 4.84 Å². The minimum absolute atomic E-state index is 0.747. The Morgan fingerprint density at radius 1 is 1.00 bits per heavy atom. The predicted octanol–water partition coefficient (Wildman–Crippen LogP) is 3.28. The van der Waals surface area contributed by atoms with Crippen LogP contribution in [0.15, 0.2) is 47.5 Å². The van der Waals surface area contributed by atoms with Crippen molar-refractivity contribution in [2.24, 2.45) is 4.99 Å². The third-order valence-electron chi connectivity index (χ3n) is 3.01. The van der Waals surface area contributed by atoms with Crippen molar-refractivity contribution < 1.29 is 4.84 Å². The van der Waals surface area contributed by atoms with Gasteiger partial charge in [-0.1, -0.05) is 42.0 Å². The van der Waals surface area contributed by atoms with Crippen LogP contribution in [0.2, 0.25) is 0 Å². The van der Waals surface area contributed by atoms with Crippen LogP contribution in [0.5, 0.6) is 5.75 Å². The van der Waals surface area contributed by atoms with Gasteiger partial charge in [0.2, 0.25) is 0 Å². The highest BCUT2D eigenvalue weighted by molar-refractivity contribution is 6.01. The maximum atomic E-state index is 5.52. The Bertz CT molecular complexity index is 615.